The predicted octanol–water partition coefficient (Wildman–Crippen LogP) is -3.61. The van der Waals surface area contributed by atoms with Crippen molar-refractivity contribution in [3.63, 3.8) is 0 Å². The first kappa shape index (κ1) is 36.0. The number of amides is 4. The summed E-state index contributed by atoms with van der Waals surface area (Å²) in [6.07, 6.45) is -0.802. The second kappa shape index (κ2) is 18.4. The van der Waals surface area contributed by atoms with Gasteiger partial charge in [0.2, 0.25) is 0 Å². The molecule has 0 aliphatic carbocycles. The molecule has 2 atom stereocenters. The molecule has 0 fully saturated rings. The van der Waals surface area contributed by atoms with Gasteiger partial charge < -0.3 is 25.4 Å². The Morgan fingerprint density at radius 1 is 0.977 bits per heavy atom. The van der Waals surface area contributed by atoms with Gasteiger partial charge in [-0.15, -0.1) is 0 Å². The van der Waals surface area contributed by atoms with Gasteiger partial charge in [-0.2, -0.15) is 0 Å². The zero-order valence-corrected chi connectivity index (χ0v) is 27.0. The fourth-order valence-electron chi connectivity index (χ4n) is 3.33. The molecule has 0 radical (unpaired) electrons. The molecule has 0 aliphatic rings. The summed E-state index contributed by atoms with van der Waals surface area (Å²) >= 11 is -0.112. The van der Waals surface area contributed by atoms with Crippen molar-refractivity contribution >= 4 is 95.3 Å². The summed E-state index contributed by atoms with van der Waals surface area (Å²) in [6.45, 7) is -0.834. The minimum Gasteiger partial charge on any atom is -0.662 e. The van der Waals surface area contributed by atoms with Crippen molar-refractivity contribution < 1.29 is 52.2 Å². The third kappa shape index (κ3) is 13.3. The van der Waals surface area contributed by atoms with Gasteiger partial charge in [0.1, 0.15) is 6.04 Å². The van der Waals surface area contributed by atoms with E-state index in [2.05, 4.69) is 26.2 Å². The molecule has 18 heteroatoms. The molecule has 0 aliphatic heterocycles. The van der Waals surface area contributed by atoms with E-state index in [9.17, 15) is 47.3 Å². The van der Waals surface area contributed by atoms with Gasteiger partial charge in [-0.1, -0.05) is 6.07 Å². The van der Waals surface area contributed by atoms with Crippen LogP contribution in [0.25, 0.3) is 0 Å². The number of anilines is 1. The normalized spacial score (nSPS) is 12.0. The molecule has 232 valence electrons. The maximum absolute atomic E-state index is 12.6. The Labute approximate surface area is 268 Å². The number of aliphatic carboxylic acids is 1. The molecule has 4 amide bonds. The average molecular weight is 788 g/mol. The van der Waals surface area contributed by atoms with Crippen LogP contribution in [0.15, 0.2) is 48.5 Å². The second-order valence-electron chi connectivity index (χ2n) is 8.59. The molecule has 6 N–H and O–H groups in total. The Morgan fingerprint density at radius 3 is 2.28 bits per heavy atom. The number of thioether (sulfide) groups is 1. The van der Waals surface area contributed by atoms with E-state index in [1.165, 1.54) is 36.4 Å². The summed E-state index contributed by atoms with van der Waals surface area (Å²) in [5.74, 6) is -6.04. The topological polar surface area (TPSA) is 246 Å². The number of carbonyl (C=O) groups is 6. The van der Waals surface area contributed by atoms with Crippen LogP contribution >= 0.6 is 34.4 Å². The quantitative estimate of drug-likeness (QED) is 0.0418. The first-order valence-electron chi connectivity index (χ1n) is 12.2. The molecular formula is C25H26AsIN4O11S-2. The Hall–Kier alpha value is -3.22. The van der Waals surface area contributed by atoms with E-state index in [4.69, 9.17) is 0 Å². The summed E-state index contributed by atoms with van der Waals surface area (Å²) in [5, 5.41) is 30.9. The molecule has 0 aromatic heterocycles. The van der Waals surface area contributed by atoms with Crippen molar-refractivity contribution in [3.05, 3.63) is 57.7 Å². The van der Waals surface area contributed by atoms with Crippen molar-refractivity contribution in [1.82, 2.24) is 16.0 Å². The number of carboxylic acid groups (broad SMARTS) is 1. The molecule has 0 saturated carbocycles. The monoisotopic (exact) mass is 788 g/mol. The van der Waals surface area contributed by atoms with Gasteiger partial charge in [-0.25, -0.2) is 0 Å². The zero-order valence-electron chi connectivity index (χ0n) is 22.1. The average Bonchev–Trinajstić information content (AvgIpc) is 2.97. The third-order valence-corrected chi connectivity index (χ3v) is 8.68. The van der Waals surface area contributed by atoms with Crippen LogP contribution in [-0.2, 0) is 28.9 Å². The molecule has 43 heavy (non-hydrogen) atoms. The van der Waals surface area contributed by atoms with Crippen LogP contribution in [0.3, 0.4) is 0 Å². The van der Waals surface area contributed by atoms with E-state index < -0.39 is 76.0 Å². The van der Waals surface area contributed by atoms with Gasteiger partial charge in [0, 0.05) is 15.6 Å². The Morgan fingerprint density at radius 2 is 1.67 bits per heavy atom. The van der Waals surface area contributed by atoms with Crippen molar-refractivity contribution in [3.8, 4) is 0 Å². The fourth-order valence-corrected chi connectivity index (χ4v) is 5.59. The van der Waals surface area contributed by atoms with Gasteiger partial charge in [0.05, 0.1) is 12.5 Å². The number of hydrogen-bond acceptors (Lipinski definition) is 12. The summed E-state index contributed by atoms with van der Waals surface area (Å²) in [7, 11) is 0. The van der Waals surface area contributed by atoms with Gasteiger partial charge in [-0.05, 0) is 47.2 Å². The molecule has 0 unspecified atom stereocenters. The zero-order chi connectivity index (χ0) is 31.9. The van der Waals surface area contributed by atoms with Crippen molar-refractivity contribution in [2.45, 2.75) is 24.9 Å². The first-order valence-corrected chi connectivity index (χ1v) is 17.1. The summed E-state index contributed by atoms with van der Waals surface area (Å²) in [4.78, 5) is 76.2. The molecule has 0 spiro atoms. The van der Waals surface area contributed by atoms with E-state index in [1.807, 2.05) is 22.6 Å². The minimum absolute atomic E-state index is 0.158. The standard InChI is InChI=1S/C25H28AsIN4O11S/c27-16-3-1-2-14(10-16)23(36)31-18(25(38)42-41)8-9-20(32)30-19(24(37)28-11-22(34)35)12-43-13-21(33)29-17-6-4-15(5-7-17)26(39)40/h1-7,10,18-19,39-41H,8-9,11-13H2,(H,28,37)(H,29,33)(H,30,32)(H,31,36)(H,34,35)/p-2/t18-,19-/m0/s1/i27-4. The minimum atomic E-state index is -3.04. The third-order valence-electron chi connectivity index (χ3n) is 5.38. The predicted molar refractivity (Wildman–Crippen MR) is 158 cm³/mol. The first-order chi connectivity index (χ1) is 20.4. The molecule has 2 aromatic rings. The summed E-state index contributed by atoms with van der Waals surface area (Å²) in [6, 6.07) is 9.49. The number of carbonyl (C=O) groups excluding carboxylic acids is 6. The van der Waals surface area contributed by atoms with Crippen LogP contribution in [0.1, 0.15) is 23.2 Å². The smallest absolute Gasteiger partial charge is 0.662 e. The maximum atomic E-state index is 12.6. The van der Waals surface area contributed by atoms with Crippen molar-refractivity contribution in [2.75, 3.05) is 23.4 Å². The Bertz CT molecular complexity index is 1320. The number of rotatable bonds is 16. The van der Waals surface area contributed by atoms with Crippen LogP contribution in [0, 0.1) is 3.57 Å². The molecule has 15 nitrogen and oxygen atoms in total. The number of hydrogen-bond donors (Lipinski definition) is 6. The van der Waals surface area contributed by atoms with Gasteiger partial charge in [0.15, 0.2) is 0 Å². The summed E-state index contributed by atoms with van der Waals surface area (Å²) < 4.78 is 19.7. The van der Waals surface area contributed by atoms with Crippen LogP contribution in [-0.4, -0.2) is 89.2 Å². The molecular weight excluding hydrogens is 762 g/mol. The van der Waals surface area contributed by atoms with Crippen LogP contribution in [0.2, 0.25) is 0 Å². The SMILES string of the molecule is O=C([O-])CNC(=O)[C@H](CSCC(=O)Nc1ccc([As](O)O)cc1)NC(=O)CC[C@H](NC(=O)c1cccc([123I])c1)C(=O)O[O-]. The number of benzene rings is 2. The van der Waals surface area contributed by atoms with Crippen LogP contribution in [0.5, 0.6) is 0 Å². The molecule has 2 rings (SSSR count). The molecule has 0 bridgehead atoms. The van der Waals surface area contributed by atoms with Gasteiger partial charge in [0.25, 0.3) is 5.91 Å². The van der Waals surface area contributed by atoms with Crippen molar-refractivity contribution in [2.24, 2.45) is 0 Å². The van der Waals surface area contributed by atoms with E-state index >= 15 is 0 Å². The van der Waals surface area contributed by atoms with E-state index in [-0.39, 0.29) is 23.5 Å². The second-order valence-corrected chi connectivity index (χ2v) is 13.2. The molecule has 0 heterocycles. The van der Waals surface area contributed by atoms with Crippen molar-refractivity contribution in [1.29, 1.82) is 0 Å². The van der Waals surface area contributed by atoms with Crippen LogP contribution in [0.4, 0.5) is 5.69 Å². The number of carboxylic acids is 1. The fraction of sp³-hybridized carbons (Fsp3) is 0.280. The van der Waals surface area contributed by atoms with E-state index in [1.54, 1.807) is 12.1 Å². The Kier molecular flexibility index (Phi) is 15.4. The van der Waals surface area contributed by atoms with Gasteiger partial charge in [-0.3, -0.25) is 14.4 Å². The number of nitrogens with one attached hydrogen (secondary N) is 4. The van der Waals surface area contributed by atoms with Gasteiger partial charge >= 0.3 is 136 Å². The number of halogens is 1. The summed E-state index contributed by atoms with van der Waals surface area (Å²) in [5.41, 5.74) is 0.593. The van der Waals surface area contributed by atoms with Crippen LogP contribution < -0.4 is 36.0 Å². The molecule has 2 aromatic carbocycles. The van der Waals surface area contributed by atoms with E-state index in [0.29, 0.717) is 10.0 Å². The Balaban J connectivity index is 1.96. The van der Waals surface area contributed by atoms with E-state index in [0.717, 1.165) is 15.3 Å². The molecule has 0 saturated heterocycles.